The van der Waals surface area contributed by atoms with E-state index in [9.17, 15) is 4.39 Å². The van der Waals surface area contributed by atoms with Gasteiger partial charge in [0.1, 0.15) is 0 Å². The summed E-state index contributed by atoms with van der Waals surface area (Å²) in [5, 5.41) is 3.13. The van der Waals surface area contributed by atoms with Crippen LogP contribution in [-0.4, -0.2) is 18.6 Å². The highest BCUT2D eigenvalue weighted by Gasteiger charge is 2.14. The minimum absolute atomic E-state index is 0.266. The van der Waals surface area contributed by atoms with E-state index in [4.69, 9.17) is 0 Å². The molecule has 0 aliphatic carbocycles. The van der Waals surface area contributed by atoms with Gasteiger partial charge < -0.3 is 10.2 Å². The maximum Gasteiger partial charge on any atom is 0.170 e. The summed E-state index contributed by atoms with van der Waals surface area (Å²) < 4.78 is 14.5. The molecule has 0 bridgehead atoms. The minimum atomic E-state index is -0.266. The maximum atomic E-state index is 14.5. The van der Waals surface area contributed by atoms with Gasteiger partial charge in [0.15, 0.2) is 11.6 Å². The predicted octanol–water partition coefficient (Wildman–Crippen LogP) is 3.41. The van der Waals surface area contributed by atoms with Gasteiger partial charge in [-0.25, -0.2) is 9.37 Å². The molecule has 0 fully saturated rings. The molecule has 0 atom stereocenters. The fourth-order valence-corrected chi connectivity index (χ4v) is 2.06. The predicted molar refractivity (Wildman–Crippen MR) is 80.8 cm³/mol. The summed E-state index contributed by atoms with van der Waals surface area (Å²) in [5.41, 5.74) is 2.70. The molecule has 4 heteroatoms. The van der Waals surface area contributed by atoms with E-state index in [0.717, 1.165) is 17.8 Å². The standard InChI is InChI=1S/C16H20FN3/c1-4-18-11-13-8-9-19-16(15(13)17)20(3)14-7-5-6-12(2)10-14/h5-10,18H,4,11H2,1-3H3. The highest BCUT2D eigenvalue weighted by Crippen LogP contribution is 2.26. The largest absolute Gasteiger partial charge is 0.327 e. The van der Waals surface area contributed by atoms with Crippen LogP contribution in [0.15, 0.2) is 36.5 Å². The second-order valence-electron chi connectivity index (χ2n) is 4.79. The van der Waals surface area contributed by atoms with E-state index >= 15 is 0 Å². The topological polar surface area (TPSA) is 28.2 Å². The smallest absolute Gasteiger partial charge is 0.170 e. The monoisotopic (exact) mass is 273 g/mol. The molecule has 2 rings (SSSR count). The zero-order valence-corrected chi connectivity index (χ0v) is 12.2. The summed E-state index contributed by atoms with van der Waals surface area (Å²) in [6.45, 7) is 5.34. The Kier molecular flexibility index (Phi) is 4.69. The number of rotatable bonds is 5. The second kappa shape index (κ2) is 6.48. The Morgan fingerprint density at radius 2 is 2.10 bits per heavy atom. The quantitative estimate of drug-likeness (QED) is 0.905. The van der Waals surface area contributed by atoms with Gasteiger partial charge >= 0.3 is 0 Å². The fraction of sp³-hybridized carbons (Fsp3) is 0.312. The van der Waals surface area contributed by atoms with Crippen molar-refractivity contribution in [1.82, 2.24) is 10.3 Å². The van der Waals surface area contributed by atoms with Crippen LogP contribution in [0.25, 0.3) is 0 Å². The normalized spacial score (nSPS) is 10.6. The van der Waals surface area contributed by atoms with Crippen LogP contribution < -0.4 is 10.2 Å². The van der Waals surface area contributed by atoms with E-state index in [2.05, 4.69) is 10.3 Å². The van der Waals surface area contributed by atoms with E-state index in [1.165, 1.54) is 0 Å². The van der Waals surface area contributed by atoms with Crippen molar-refractivity contribution in [3.63, 3.8) is 0 Å². The van der Waals surface area contributed by atoms with Crippen molar-refractivity contribution in [1.29, 1.82) is 0 Å². The number of nitrogens with zero attached hydrogens (tertiary/aromatic N) is 2. The molecule has 0 unspecified atom stereocenters. The van der Waals surface area contributed by atoms with Gasteiger partial charge in [0.05, 0.1) is 0 Å². The van der Waals surface area contributed by atoms with Crippen molar-refractivity contribution in [2.75, 3.05) is 18.5 Å². The van der Waals surface area contributed by atoms with Gasteiger partial charge in [-0.1, -0.05) is 19.1 Å². The maximum absolute atomic E-state index is 14.5. The van der Waals surface area contributed by atoms with Gasteiger partial charge in [0, 0.05) is 31.0 Å². The van der Waals surface area contributed by atoms with Crippen LogP contribution >= 0.6 is 0 Å². The molecule has 0 amide bonds. The molecule has 0 saturated carbocycles. The third-order valence-electron chi connectivity index (χ3n) is 3.22. The highest BCUT2D eigenvalue weighted by molar-refractivity contribution is 5.60. The summed E-state index contributed by atoms with van der Waals surface area (Å²) in [6, 6.07) is 9.65. The number of pyridine rings is 1. The van der Waals surface area contributed by atoms with Crippen LogP contribution in [0.4, 0.5) is 15.9 Å². The number of benzene rings is 1. The Morgan fingerprint density at radius 1 is 1.30 bits per heavy atom. The minimum Gasteiger partial charge on any atom is -0.327 e. The molecule has 0 radical (unpaired) electrons. The average molecular weight is 273 g/mol. The SMILES string of the molecule is CCNCc1ccnc(N(C)c2cccc(C)c2)c1F. The van der Waals surface area contributed by atoms with Gasteiger partial charge in [-0.05, 0) is 37.2 Å². The van der Waals surface area contributed by atoms with Crippen molar-refractivity contribution in [2.24, 2.45) is 0 Å². The van der Waals surface area contributed by atoms with Crippen molar-refractivity contribution >= 4 is 11.5 Å². The molecule has 0 saturated heterocycles. The van der Waals surface area contributed by atoms with E-state index < -0.39 is 0 Å². The number of halogens is 1. The molecule has 0 spiro atoms. The Balaban J connectivity index is 2.32. The first kappa shape index (κ1) is 14.5. The molecule has 0 aliphatic heterocycles. The highest BCUT2D eigenvalue weighted by atomic mass is 19.1. The molecule has 106 valence electrons. The van der Waals surface area contributed by atoms with Crippen LogP contribution in [0.2, 0.25) is 0 Å². The van der Waals surface area contributed by atoms with Crippen LogP contribution in [0, 0.1) is 12.7 Å². The van der Waals surface area contributed by atoms with Gasteiger partial charge in [-0.15, -0.1) is 0 Å². The average Bonchev–Trinajstić information content (AvgIpc) is 2.45. The van der Waals surface area contributed by atoms with Gasteiger partial charge in [0.2, 0.25) is 0 Å². The lowest BCUT2D eigenvalue weighted by atomic mass is 10.2. The Bertz CT molecular complexity index is 584. The summed E-state index contributed by atoms with van der Waals surface area (Å²) in [4.78, 5) is 5.95. The van der Waals surface area contributed by atoms with E-state index in [0.29, 0.717) is 17.9 Å². The van der Waals surface area contributed by atoms with E-state index in [1.54, 1.807) is 17.2 Å². The number of anilines is 2. The molecular weight excluding hydrogens is 253 g/mol. The number of aryl methyl sites for hydroxylation is 1. The van der Waals surface area contributed by atoms with Crippen LogP contribution in [-0.2, 0) is 6.54 Å². The lowest BCUT2D eigenvalue weighted by Crippen LogP contribution is -2.17. The van der Waals surface area contributed by atoms with Crippen molar-refractivity contribution in [3.05, 3.63) is 53.5 Å². The first-order valence-electron chi connectivity index (χ1n) is 6.78. The second-order valence-corrected chi connectivity index (χ2v) is 4.79. The molecule has 20 heavy (non-hydrogen) atoms. The lowest BCUT2D eigenvalue weighted by molar-refractivity contribution is 0.588. The fourth-order valence-electron chi connectivity index (χ4n) is 2.06. The Hall–Kier alpha value is -1.94. The first-order valence-corrected chi connectivity index (χ1v) is 6.78. The molecule has 1 heterocycles. The van der Waals surface area contributed by atoms with Crippen LogP contribution in [0.5, 0.6) is 0 Å². The van der Waals surface area contributed by atoms with Gasteiger partial charge in [-0.3, -0.25) is 0 Å². The summed E-state index contributed by atoms with van der Waals surface area (Å²) in [6.07, 6.45) is 1.65. The first-order chi connectivity index (χ1) is 9.63. The summed E-state index contributed by atoms with van der Waals surface area (Å²) in [7, 11) is 1.83. The summed E-state index contributed by atoms with van der Waals surface area (Å²) >= 11 is 0. The van der Waals surface area contributed by atoms with Crippen molar-refractivity contribution in [3.8, 4) is 0 Å². The Labute approximate surface area is 119 Å². The number of hydrogen-bond donors (Lipinski definition) is 1. The van der Waals surface area contributed by atoms with E-state index in [-0.39, 0.29) is 5.82 Å². The van der Waals surface area contributed by atoms with Crippen LogP contribution in [0.1, 0.15) is 18.1 Å². The number of hydrogen-bond acceptors (Lipinski definition) is 3. The van der Waals surface area contributed by atoms with Crippen molar-refractivity contribution < 1.29 is 4.39 Å². The summed E-state index contributed by atoms with van der Waals surface area (Å²) in [5.74, 6) is 0.0865. The molecule has 3 nitrogen and oxygen atoms in total. The third-order valence-corrected chi connectivity index (χ3v) is 3.22. The molecule has 2 aromatic rings. The number of aromatic nitrogens is 1. The molecule has 1 aromatic heterocycles. The van der Waals surface area contributed by atoms with Gasteiger partial charge in [0.25, 0.3) is 0 Å². The Morgan fingerprint density at radius 3 is 2.80 bits per heavy atom. The zero-order chi connectivity index (χ0) is 14.5. The van der Waals surface area contributed by atoms with E-state index in [1.807, 2.05) is 45.2 Å². The van der Waals surface area contributed by atoms with Crippen LogP contribution in [0.3, 0.4) is 0 Å². The molecule has 1 aromatic carbocycles. The van der Waals surface area contributed by atoms with Crippen molar-refractivity contribution in [2.45, 2.75) is 20.4 Å². The molecular formula is C16H20FN3. The lowest BCUT2D eigenvalue weighted by Gasteiger charge is -2.20. The van der Waals surface area contributed by atoms with Gasteiger partial charge in [-0.2, -0.15) is 0 Å². The molecule has 0 aliphatic rings. The number of nitrogens with one attached hydrogen (secondary N) is 1. The third kappa shape index (κ3) is 3.14. The zero-order valence-electron chi connectivity index (χ0n) is 12.2. The molecule has 1 N–H and O–H groups in total.